The predicted molar refractivity (Wildman–Crippen MR) is 100 cm³/mol. The summed E-state index contributed by atoms with van der Waals surface area (Å²) in [5.74, 6) is 0.118. The third-order valence-electron chi connectivity index (χ3n) is 5.74. The van der Waals surface area contributed by atoms with Crippen LogP contribution in [0.25, 0.3) is 16.5 Å². The molecule has 6 heteroatoms. The number of H-pyrrole nitrogens is 1. The van der Waals surface area contributed by atoms with Gasteiger partial charge >= 0.3 is 0 Å². The van der Waals surface area contributed by atoms with Crippen LogP contribution in [0.15, 0.2) is 48.2 Å². The highest BCUT2D eigenvalue weighted by molar-refractivity contribution is 6.39. The molecule has 3 aromatic rings. The monoisotopic (exact) mass is 357 g/mol. The Morgan fingerprint density at radius 1 is 1.11 bits per heavy atom. The van der Waals surface area contributed by atoms with Gasteiger partial charge in [0.15, 0.2) is 0 Å². The van der Waals surface area contributed by atoms with Crippen LogP contribution in [0.2, 0.25) is 0 Å². The molecule has 0 radical (unpaired) electrons. The molecule has 3 aliphatic heterocycles. The summed E-state index contributed by atoms with van der Waals surface area (Å²) in [7, 11) is 1.64. The first-order valence-corrected chi connectivity index (χ1v) is 8.84. The number of nitrogens with one attached hydrogen (secondary N) is 2. The van der Waals surface area contributed by atoms with Crippen LogP contribution in [0.1, 0.15) is 22.9 Å². The van der Waals surface area contributed by atoms with Gasteiger partial charge in [0.25, 0.3) is 11.8 Å². The topological polar surface area (TPSA) is 74.4 Å². The van der Waals surface area contributed by atoms with Gasteiger partial charge < -0.3 is 14.6 Å². The Bertz CT molecular complexity index is 1220. The maximum Gasteiger partial charge on any atom is 0.275 e. The van der Waals surface area contributed by atoms with Gasteiger partial charge in [0.1, 0.15) is 11.4 Å². The summed E-state index contributed by atoms with van der Waals surface area (Å²) >= 11 is 0. The van der Waals surface area contributed by atoms with Crippen LogP contribution < -0.4 is 15.0 Å². The van der Waals surface area contributed by atoms with Crippen molar-refractivity contribution in [1.29, 1.82) is 0 Å². The zero-order chi connectivity index (χ0) is 18.3. The molecule has 2 amide bonds. The number of methoxy groups -OCH3 is 1. The minimum absolute atomic E-state index is 0.0510. The number of para-hydroxylation sites is 1. The fourth-order valence-corrected chi connectivity index (χ4v) is 4.65. The molecule has 0 saturated heterocycles. The molecular formula is C21H15N3O3. The van der Waals surface area contributed by atoms with Crippen molar-refractivity contribution in [1.82, 2.24) is 10.3 Å². The normalized spacial score (nSPS) is 19.7. The minimum atomic E-state index is -0.334. The molecule has 1 unspecified atom stereocenters. The molecule has 2 aromatic carbocycles. The summed E-state index contributed by atoms with van der Waals surface area (Å²) < 4.78 is 5.36. The van der Waals surface area contributed by atoms with Gasteiger partial charge in [0.2, 0.25) is 0 Å². The average Bonchev–Trinajstić information content (AvgIpc) is 3.32. The second-order valence-corrected chi connectivity index (χ2v) is 7.05. The number of hydrogen-bond acceptors (Lipinski definition) is 4. The molecule has 0 saturated carbocycles. The van der Waals surface area contributed by atoms with E-state index in [-0.39, 0.29) is 17.9 Å². The number of ether oxygens (including phenoxy) is 1. The van der Waals surface area contributed by atoms with E-state index < -0.39 is 0 Å². The number of benzene rings is 2. The largest absolute Gasteiger partial charge is 0.497 e. The van der Waals surface area contributed by atoms with E-state index in [0.29, 0.717) is 11.3 Å². The van der Waals surface area contributed by atoms with Gasteiger partial charge in [0, 0.05) is 34.3 Å². The van der Waals surface area contributed by atoms with Crippen molar-refractivity contribution in [3.63, 3.8) is 0 Å². The first-order valence-electron chi connectivity index (χ1n) is 8.84. The zero-order valence-corrected chi connectivity index (χ0v) is 14.5. The molecule has 0 spiro atoms. The summed E-state index contributed by atoms with van der Waals surface area (Å²) in [5, 5.41) is 3.46. The van der Waals surface area contributed by atoms with Crippen molar-refractivity contribution >= 4 is 34.0 Å². The van der Waals surface area contributed by atoms with Crippen molar-refractivity contribution < 1.29 is 14.3 Å². The Morgan fingerprint density at radius 2 is 1.96 bits per heavy atom. The number of carbonyl (C=O) groups is 2. The maximum absolute atomic E-state index is 12.7. The standard InChI is InChI=1S/C21H15N3O3/c1-27-11-6-7-14-10(8-11)9-15-18-16(12-4-2-3-5-13(12)22-18)17-19(24(14)15)21(26)23-20(17)25/h2-8,15,22H,9H2,1H3,(H,23,25,26). The van der Waals surface area contributed by atoms with Gasteiger partial charge in [-0.2, -0.15) is 0 Å². The van der Waals surface area contributed by atoms with Crippen LogP contribution in [0, 0.1) is 0 Å². The number of imide groups is 1. The zero-order valence-electron chi connectivity index (χ0n) is 14.5. The number of amides is 2. The van der Waals surface area contributed by atoms with Crippen LogP contribution in [0.4, 0.5) is 5.69 Å². The van der Waals surface area contributed by atoms with Gasteiger partial charge in [-0.3, -0.25) is 14.9 Å². The van der Waals surface area contributed by atoms with E-state index in [2.05, 4.69) is 10.3 Å². The molecule has 1 atom stereocenters. The Hall–Kier alpha value is -3.54. The molecule has 6 rings (SSSR count). The lowest BCUT2D eigenvalue weighted by Gasteiger charge is -2.32. The predicted octanol–water partition coefficient (Wildman–Crippen LogP) is 2.66. The number of carbonyl (C=O) groups excluding carboxylic acids is 2. The average molecular weight is 357 g/mol. The highest BCUT2D eigenvalue weighted by Crippen LogP contribution is 2.52. The van der Waals surface area contributed by atoms with E-state index in [1.165, 1.54) is 0 Å². The smallest absolute Gasteiger partial charge is 0.275 e. The number of aromatic nitrogens is 1. The van der Waals surface area contributed by atoms with E-state index in [0.717, 1.165) is 45.6 Å². The van der Waals surface area contributed by atoms with Gasteiger partial charge in [0.05, 0.1) is 18.7 Å². The lowest BCUT2D eigenvalue weighted by atomic mass is 9.92. The molecule has 132 valence electrons. The number of aromatic amines is 1. The van der Waals surface area contributed by atoms with Crippen LogP contribution in [-0.2, 0) is 16.0 Å². The van der Waals surface area contributed by atoms with E-state index in [1.807, 2.05) is 47.4 Å². The first kappa shape index (κ1) is 14.6. The number of anilines is 1. The van der Waals surface area contributed by atoms with Crippen molar-refractivity contribution in [3.8, 4) is 5.75 Å². The molecule has 0 fully saturated rings. The van der Waals surface area contributed by atoms with Crippen molar-refractivity contribution in [3.05, 3.63) is 65.0 Å². The summed E-state index contributed by atoms with van der Waals surface area (Å²) in [6, 6.07) is 13.7. The fraction of sp³-hybridized carbons (Fsp3) is 0.143. The van der Waals surface area contributed by atoms with Crippen molar-refractivity contribution in [2.75, 3.05) is 12.0 Å². The lowest BCUT2D eigenvalue weighted by molar-refractivity contribution is -0.123. The van der Waals surface area contributed by atoms with Crippen LogP contribution >= 0.6 is 0 Å². The number of nitrogens with zero attached hydrogens (tertiary/aromatic N) is 1. The molecule has 6 nitrogen and oxygen atoms in total. The van der Waals surface area contributed by atoms with Gasteiger partial charge in [-0.1, -0.05) is 18.2 Å². The molecule has 2 N–H and O–H groups in total. The number of hydrogen-bond donors (Lipinski definition) is 2. The third kappa shape index (κ3) is 1.70. The molecular weight excluding hydrogens is 342 g/mol. The first-order chi connectivity index (χ1) is 13.2. The van der Waals surface area contributed by atoms with Gasteiger partial charge in [-0.15, -0.1) is 0 Å². The number of fused-ring (bicyclic) bond motifs is 9. The van der Waals surface area contributed by atoms with E-state index in [4.69, 9.17) is 4.74 Å². The SMILES string of the molecule is COc1ccc2c(c1)CC1c3[nH]c4ccccc4c3C3=C(C(=O)NC3=O)N21. The molecule has 0 aliphatic carbocycles. The third-order valence-corrected chi connectivity index (χ3v) is 5.74. The molecule has 27 heavy (non-hydrogen) atoms. The molecule has 0 bridgehead atoms. The Labute approximate surface area is 154 Å². The highest BCUT2D eigenvalue weighted by atomic mass is 16.5. The van der Waals surface area contributed by atoms with Gasteiger partial charge in [-0.25, -0.2) is 0 Å². The lowest BCUT2D eigenvalue weighted by Crippen LogP contribution is -2.33. The van der Waals surface area contributed by atoms with Crippen LogP contribution in [0.3, 0.4) is 0 Å². The Balaban J connectivity index is 1.69. The van der Waals surface area contributed by atoms with E-state index in [9.17, 15) is 9.59 Å². The van der Waals surface area contributed by atoms with Crippen LogP contribution in [-0.4, -0.2) is 23.9 Å². The highest BCUT2D eigenvalue weighted by Gasteiger charge is 2.48. The second-order valence-electron chi connectivity index (χ2n) is 7.05. The minimum Gasteiger partial charge on any atom is -0.497 e. The summed E-state index contributed by atoms with van der Waals surface area (Å²) in [6.07, 6.45) is 0.741. The quantitative estimate of drug-likeness (QED) is 0.657. The summed E-state index contributed by atoms with van der Waals surface area (Å²) in [6.45, 7) is 0. The fourth-order valence-electron chi connectivity index (χ4n) is 4.65. The molecule has 4 heterocycles. The molecule has 3 aliphatic rings. The van der Waals surface area contributed by atoms with Crippen molar-refractivity contribution in [2.24, 2.45) is 0 Å². The van der Waals surface area contributed by atoms with E-state index >= 15 is 0 Å². The molecule has 1 aromatic heterocycles. The maximum atomic E-state index is 12.7. The van der Waals surface area contributed by atoms with Crippen LogP contribution in [0.5, 0.6) is 5.75 Å². The Kier molecular flexibility index (Phi) is 2.59. The van der Waals surface area contributed by atoms with Crippen molar-refractivity contribution in [2.45, 2.75) is 12.5 Å². The van der Waals surface area contributed by atoms with E-state index in [1.54, 1.807) is 7.11 Å². The summed E-state index contributed by atoms with van der Waals surface area (Å²) in [5.41, 5.74) is 5.77. The second kappa shape index (κ2) is 4.79. The van der Waals surface area contributed by atoms with Gasteiger partial charge in [-0.05, 0) is 29.8 Å². The summed E-state index contributed by atoms with van der Waals surface area (Å²) in [4.78, 5) is 30.9. The number of rotatable bonds is 1. The Morgan fingerprint density at radius 3 is 2.81 bits per heavy atom.